The summed E-state index contributed by atoms with van der Waals surface area (Å²) in [5.74, 6) is -0.653. The third-order valence-corrected chi connectivity index (χ3v) is 2.95. The molecule has 0 aromatic heterocycles. The Hall–Kier alpha value is -1.46. The van der Waals surface area contributed by atoms with Crippen LogP contribution in [0.5, 0.6) is 0 Å². The van der Waals surface area contributed by atoms with E-state index in [4.69, 9.17) is 0 Å². The second-order valence-electron chi connectivity index (χ2n) is 4.28. The van der Waals surface area contributed by atoms with Crippen LogP contribution in [-0.2, 0) is 9.53 Å². The Morgan fingerprint density at radius 1 is 1.42 bits per heavy atom. The number of carbonyl (C=O) groups is 1. The van der Waals surface area contributed by atoms with Crippen molar-refractivity contribution in [3.63, 3.8) is 0 Å². The fraction of sp³-hybridized carbons (Fsp3) is 0.500. The molecule has 1 aromatic carbocycles. The molecule has 0 saturated heterocycles. The van der Waals surface area contributed by atoms with Crippen molar-refractivity contribution in [1.82, 2.24) is 5.32 Å². The number of likely N-dealkylation sites (N-methyl/N-ethyl adjacent to an activating group) is 1. The Labute approximate surface area is 112 Å². The highest BCUT2D eigenvalue weighted by Crippen LogP contribution is 2.20. The van der Waals surface area contributed by atoms with E-state index < -0.39 is 6.10 Å². The normalized spacial score (nSPS) is 13.9. The number of rotatable bonds is 7. The fourth-order valence-corrected chi connectivity index (χ4v) is 1.90. The zero-order chi connectivity index (χ0) is 14.3. The molecule has 0 saturated carbocycles. The number of methoxy groups -OCH3 is 1. The molecule has 0 amide bonds. The lowest BCUT2D eigenvalue weighted by Crippen LogP contribution is -2.35. The SMILES string of the molecule is CCNC(CCC(=O)OC)C(O)c1ccc(F)cc1. The van der Waals surface area contributed by atoms with Gasteiger partial charge in [-0.15, -0.1) is 0 Å². The summed E-state index contributed by atoms with van der Waals surface area (Å²) in [4.78, 5) is 11.1. The molecule has 2 atom stereocenters. The summed E-state index contributed by atoms with van der Waals surface area (Å²) < 4.78 is 17.4. The molecule has 0 fully saturated rings. The summed E-state index contributed by atoms with van der Waals surface area (Å²) in [6.45, 7) is 2.59. The smallest absolute Gasteiger partial charge is 0.305 e. The molecule has 1 aromatic rings. The largest absolute Gasteiger partial charge is 0.469 e. The van der Waals surface area contributed by atoms with Gasteiger partial charge in [-0.3, -0.25) is 4.79 Å². The predicted molar refractivity (Wildman–Crippen MR) is 70.1 cm³/mol. The molecule has 0 radical (unpaired) electrons. The number of hydrogen-bond donors (Lipinski definition) is 2. The average Bonchev–Trinajstić information content (AvgIpc) is 2.43. The van der Waals surface area contributed by atoms with Gasteiger partial charge in [0, 0.05) is 12.5 Å². The number of ether oxygens (including phenoxy) is 1. The lowest BCUT2D eigenvalue weighted by atomic mass is 9.98. The minimum absolute atomic E-state index is 0.229. The first-order valence-electron chi connectivity index (χ1n) is 6.32. The van der Waals surface area contributed by atoms with E-state index >= 15 is 0 Å². The Balaban J connectivity index is 2.68. The molecule has 2 unspecified atom stereocenters. The highest BCUT2D eigenvalue weighted by Gasteiger charge is 2.21. The first kappa shape index (κ1) is 15.6. The molecule has 5 heteroatoms. The lowest BCUT2D eigenvalue weighted by Gasteiger charge is -2.23. The highest BCUT2D eigenvalue weighted by atomic mass is 19.1. The third-order valence-electron chi connectivity index (χ3n) is 2.95. The van der Waals surface area contributed by atoms with Gasteiger partial charge in [0.1, 0.15) is 5.82 Å². The Kier molecular flexibility index (Phi) is 6.45. The summed E-state index contributed by atoms with van der Waals surface area (Å²) in [6, 6.07) is 5.43. The monoisotopic (exact) mass is 269 g/mol. The van der Waals surface area contributed by atoms with Crippen molar-refractivity contribution in [2.24, 2.45) is 0 Å². The average molecular weight is 269 g/mol. The number of hydrogen-bond acceptors (Lipinski definition) is 4. The molecule has 0 aliphatic heterocycles. The van der Waals surface area contributed by atoms with Gasteiger partial charge >= 0.3 is 5.97 Å². The van der Waals surface area contributed by atoms with Crippen LogP contribution in [0.1, 0.15) is 31.4 Å². The van der Waals surface area contributed by atoms with Crippen molar-refractivity contribution in [2.45, 2.75) is 31.9 Å². The lowest BCUT2D eigenvalue weighted by molar-refractivity contribution is -0.141. The first-order chi connectivity index (χ1) is 9.08. The molecule has 2 N–H and O–H groups in total. The Morgan fingerprint density at radius 2 is 2.05 bits per heavy atom. The molecule has 0 spiro atoms. The quantitative estimate of drug-likeness (QED) is 0.741. The molecule has 1 rings (SSSR count). The minimum Gasteiger partial charge on any atom is -0.469 e. The summed E-state index contributed by atoms with van der Waals surface area (Å²) in [6.07, 6.45) is -0.101. The number of esters is 1. The van der Waals surface area contributed by atoms with Crippen LogP contribution in [0.25, 0.3) is 0 Å². The summed E-state index contributed by atoms with van der Waals surface area (Å²) >= 11 is 0. The molecule has 0 aliphatic rings. The van der Waals surface area contributed by atoms with Gasteiger partial charge in [0.25, 0.3) is 0 Å². The van der Waals surface area contributed by atoms with Crippen LogP contribution in [-0.4, -0.2) is 30.8 Å². The van der Waals surface area contributed by atoms with Crippen molar-refractivity contribution >= 4 is 5.97 Å². The van der Waals surface area contributed by atoms with Crippen molar-refractivity contribution in [1.29, 1.82) is 0 Å². The number of halogens is 1. The van der Waals surface area contributed by atoms with E-state index in [9.17, 15) is 14.3 Å². The molecule has 0 heterocycles. The van der Waals surface area contributed by atoms with E-state index in [1.807, 2.05) is 6.92 Å². The van der Waals surface area contributed by atoms with Gasteiger partial charge in [-0.1, -0.05) is 19.1 Å². The third kappa shape index (κ3) is 4.96. The van der Waals surface area contributed by atoms with Gasteiger partial charge < -0.3 is 15.2 Å². The molecular weight excluding hydrogens is 249 g/mol. The van der Waals surface area contributed by atoms with Crippen molar-refractivity contribution in [3.8, 4) is 0 Å². The predicted octanol–water partition coefficient (Wildman–Crippen LogP) is 1.79. The maximum Gasteiger partial charge on any atom is 0.305 e. The van der Waals surface area contributed by atoms with E-state index in [1.165, 1.54) is 19.2 Å². The molecule has 106 valence electrons. The number of benzene rings is 1. The second kappa shape index (κ2) is 7.86. The number of aliphatic hydroxyl groups is 1. The Bertz CT molecular complexity index is 394. The number of carbonyl (C=O) groups excluding carboxylic acids is 1. The molecule has 0 bridgehead atoms. The van der Waals surface area contributed by atoms with Gasteiger partial charge in [-0.2, -0.15) is 0 Å². The van der Waals surface area contributed by atoms with Crippen LogP contribution >= 0.6 is 0 Å². The van der Waals surface area contributed by atoms with Crippen molar-refractivity contribution < 1.29 is 19.0 Å². The van der Waals surface area contributed by atoms with E-state index in [2.05, 4.69) is 10.1 Å². The van der Waals surface area contributed by atoms with Crippen LogP contribution < -0.4 is 5.32 Å². The summed E-state index contributed by atoms with van der Waals surface area (Å²) in [7, 11) is 1.33. The van der Waals surface area contributed by atoms with Crippen LogP contribution in [0.4, 0.5) is 4.39 Å². The van der Waals surface area contributed by atoms with Gasteiger partial charge in [0.15, 0.2) is 0 Å². The molecule has 4 nitrogen and oxygen atoms in total. The fourth-order valence-electron chi connectivity index (χ4n) is 1.90. The second-order valence-corrected chi connectivity index (χ2v) is 4.28. The van der Waals surface area contributed by atoms with Crippen molar-refractivity contribution in [2.75, 3.05) is 13.7 Å². The summed E-state index contributed by atoms with van der Waals surface area (Å²) in [5.41, 5.74) is 0.622. The maximum absolute atomic E-state index is 12.8. The standard InChI is InChI=1S/C14H20FNO3/c1-3-16-12(8-9-13(17)19-2)14(18)10-4-6-11(15)7-5-10/h4-7,12,14,16,18H,3,8-9H2,1-2H3. The van der Waals surface area contributed by atoms with E-state index in [0.717, 1.165) is 0 Å². The van der Waals surface area contributed by atoms with Crippen LogP contribution in [0.15, 0.2) is 24.3 Å². The number of aliphatic hydroxyl groups excluding tert-OH is 1. The zero-order valence-corrected chi connectivity index (χ0v) is 11.2. The topological polar surface area (TPSA) is 58.6 Å². The van der Waals surface area contributed by atoms with E-state index in [1.54, 1.807) is 12.1 Å². The number of nitrogens with one attached hydrogen (secondary N) is 1. The van der Waals surface area contributed by atoms with Crippen LogP contribution in [0.2, 0.25) is 0 Å². The van der Waals surface area contributed by atoms with E-state index in [0.29, 0.717) is 18.5 Å². The van der Waals surface area contributed by atoms with Gasteiger partial charge in [0.2, 0.25) is 0 Å². The maximum atomic E-state index is 12.8. The van der Waals surface area contributed by atoms with Gasteiger partial charge in [0.05, 0.1) is 13.2 Å². The van der Waals surface area contributed by atoms with Crippen LogP contribution in [0.3, 0.4) is 0 Å². The summed E-state index contributed by atoms with van der Waals surface area (Å²) in [5, 5.41) is 13.4. The Morgan fingerprint density at radius 3 is 2.58 bits per heavy atom. The van der Waals surface area contributed by atoms with Gasteiger partial charge in [-0.25, -0.2) is 4.39 Å². The zero-order valence-electron chi connectivity index (χ0n) is 11.2. The minimum atomic E-state index is -0.787. The molecule has 19 heavy (non-hydrogen) atoms. The van der Waals surface area contributed by atoms with Gasteiger partial charge in [-0.05, 0) is 30.7 Å². The highest BCUT2D eigenvalue weighted by molar-refractivity contribution is 5.69. The van der Waals surface area contributed by atoms with E-state index in [-0.39, 0.29) is 24.2 Å². The molecule has 0 aliphatic carbocycles. The first-order valence-corrected chi connectivity index (χ1v) is 6.32. The van der Waals surface area contributed by atoms with Crippen LogP contribution in [0, 0.1) is 5.82 Å². The van der Waals surface area contributed by atoms with Crippen molar-refractivity contribution in [3.05, 3.63) is 35.6 Å². The molecular formula is C14H20FNO3.